The first-order chi connectivity index (χ1) is 9.55. The van der Waals surface area contributed by atoms with Gasteiger partial charge in [0.2, 0.25) is 0 Å². The maximum atomic E-state index is 10.8. The van der Waals surface area contributed by atoms with Gasteiger partial charge in [-0.1, -0.05) is 68.4 Å². The van der Waals surface area contributed by atoms with Gasteiger partial charge < -0.3 is 10.8 Å². The van der Waals surface area contributed by atoms with Gasteiger partial charge >= 0.3 is 0 Å². The molecular formula is C18H23NO. The van der Waals surface area contributed by atoms with Gasteiger partial charge in [0, 0.05) is 13.0 Å². The first kappa shape index (κ1) is 14.8. The summed E-state index contributed by atoms with van der Waals surface area (Å²) in [5.74, 6) is 0.520. The minimum Gasteiger partial charge on any atom is -0.383 e. The third kappa shape index (κ3) is 3.27. The zero-order valence-corrected chi connectivity index (χ0v) is 12.2. The van der Waals surface area contributed by atoms with Crippen LogP contribution >= 0.6 is 0 Å². The van der Waals surface area contributed by atoms with Gasteiger partial charge in [-0.15, -0.1) is 0 Å². The Hall–Kier alpha value is -1.64. The summed E-state index contributed by atoms with van der Waals surface area (Å²) >= 11 is 0. The lowest BCUT2D eigenvalue weighted by Gasteiger charge is -2.27. The van der Waals surface area contributed by atoms with Crippen molar-refractivity contribution in [2.75, 3.05) is 6.54 Å². The van der Waals surface area contributed by atoms with Crippen molar-refractivity contribution in [3.05, 3.63) is 71.3 Å². The van der Waals surface area contributed by atoms with E-state index in [4.69, 9.17) is 5.73 Å². The third-order valence-corrected chi connectivity index (χ3v) is 3.79. The molecule has 106 valence electrons. The Morgan fingerprint density at radius 2 is 1.60 bits per heavy atom. The van der Waals surface area contributed by atoms with E-state index < -0.39 is 5.60 Å². The highest BCUT2D eigenvalue weighted by atomic mass is 16.3. The maximum absolute atomic E-state index is 10.8. The number of hydrogen-bond acceptors (Lipinski definition) is 2. The van der Waals surface area contributed by atoms with Crippen molar-refractivity contribution in [1.29, 1.82) is 0 Å². The number of benzene rings is 2. The number of rotatable bonds is 5. The molecule has 2 rings (SSSR count). The molecule has 2 heteroatoms. The molecular weight excluding hydrogens is 246 g/mol. The molecule has 1 atom stereocenters. The lowest BCUT2D eigenvalue weighted by molar-refractivity contribution is 0.0463. The average Bonchev–Trinajstić information content (AvgIpc) is 2.48. The molecule has 0 amide bonds. The van der Waals surface area contributed by atoms with Crippen LogP contribution in [0.2, 0.25) is 0 Å². The van der Waals surface area contributed by atoms with Crippen LogP contribution in [0.15, 0.2) is 54.6 Å². The SMILES string of the molecule is CC(C)c1ccc(CC(O)(CN)c2ccccc2)cc1. The first-order valence-corrected chi connectivity index (χ1v) is 7.12. The predicted octanol–water partition coefficient (Wildman–Crippen LogP) is 3.20. The summed E-state index contributed by atoms with van der Waals surface area (Å²) in [6.07, 6.45) is 0.534. The lowest BCUT2D eigenvalue weighted by Crippen LogP contribution is -2.37. The van der Waals surface area contributed by atoms with Crippen molar-refractivity contribution in [3.8, 4) is 0 Å². The summed E-state index contributed by atoms with van der Waals surface area (Å²) in [5.41, 5.74) is 8.10. The smallest absolute Gasteiger partial charge is 0.106 e. The second kappa shape index (κ2) is 6.21. The normalized spacial score (nSPS) is 14.2. The summed E-state index contributed by atoms with van der Waals surface area (Å²) < 4.78 is 0. The molecule has 0 aliphatic carbocycles. The number of aliphatic hydroxyl groups is 1. The van der Waals surface area contributed by atoms with Crippen LogP contribution < -0.4 is 5.73 Å². The van der Waals surface area contributed by atoms with Crippen molar-refractivity contribution in [1.82, 2.24) is 0 Å². The van der Waals surface area contributed by atoms with Gasteiger partial charge in [0.05, 0.1) is 0 Å². The molecule has 2 aromatic rings. The monoisotopic (exact) mass is 269 g/mol. The highest BCUT2D eigenvalue weighted by Gasteiger charge is 2.27. The van der Waals surface area contributed by atoms with Crippen molar-refractivity contribution >= 4 is 0 Å². The van der Waals surface area contributed by atoms with Gasteiger partial charge in [0.1, 0.15) is 5.60 Å². The first-order valence-electron chi connectivity index (χ1n) is 7.12. The van der Waals surface area contributed by atoms with Crippen molar-refractivity contribution in [2.24, 2.45) is 5.73 Å². The summed E-state index contributed by atoms with van der Waals surface area (Å²) in [6, 6.07) is 18.1. The van der Waals surface area contributed by atoms with Crippen molar-refractivity contribution < 1.29 is 5.11 Å². The fourth-order valence-electron chi connectivity index (χ4n) is 2.40. The fourth-order valence-corrected chi connectivity index (χ4v) is 2.40. The lowest BCUT2D eigenvalue weighted by atomic mass is 9.87. The maximum Gasteiger partial charge on any atom is 0.106 e. The van der Waals surface area contributed by atoms with Crippen LogP contribution in [0.1, 0.15) is 36.5 Å². The van der Waals surface area contributed by atoms with E-state index in [1.165, 1.54) is 5.56 Å². The van der Waals surface area contributed by atoms with Crippen LogP contribution in [-0.2, 0) is 12.0 Å². The number of hydrogen-bond donors (Lipinski definition) is 2. The molecule has 0 radical (unpaired) electrons. The highest BCUT2D eigenvalue weighted by Crippen LogP contribution is 2.25. The molecule has 0 bridgehead atoms. The van der Waals surface area contributed by atoms with Gasteiger partial charge in [-0.3, -0.25) is 0 Å². The van der Waals surface area contributed by atoms with Crippen LogP contribution in [0, 0.1) is 0 Å². The Balaban J connectivity index is 2.22. The van der Waals surface area contributed by atoms with E-state index in [-0.39, 0.29) is 6.54 Å². The van der Waals surface area contributed by atoms with Gasteiger partial charge in [0.25, 0.3) is 0 Å². The predicted molar refractivity (Wildman–Crippen MR) is 83.6 cm³/mol. The molecule has 0 saturated carbocycles. The summed E-state index contributed by atoms with van der Waals surface area (Å²) in [5, 5.41) is 10.8. The van der Waals surface area contributed by atoms with E-state index in [0.717, 1.165) is 11.1 Å². The van der Waals surface area contributed by atoms with E-state index in [2.05, 4.69) is 38.1 Å². The van der Waals surface area contributed by atoms with Gasteiger partial charge in [0.15, 0.2) is 0 Å². The quantitative estimate of drug-likeness (QED) is 0.875. The van der Waals surface area contributed by atoms with Crippen LogP contribution in [0.5, 0.6) is 0 Å². The van der Waals surface area contributed by atoms with Gasteiger partial charge in [-0.05, 0) is 22.6 Å². The van der Waals surface area contributed by atoms with Crippen LogP contribution in [0.3, 0.4) is 0 Å². The molecule has 0 heterocycles. The Morgan fingerprint density at radius 1 is 1.00 bits per heavy atom. The van der Waals surface area contributed by atoms with E-state index in [1.807, 2.05) is 30.3 Å². The molecule has 1 unspecified atom stereocenters. The Bertz CT molecular complexity index is 533. The largest absolute Gasteiger partial charge is 0.383 e. The molecule has 0 fully saturated rings. The number of nitrogens with two attached hydrogens (primary N) is 1. The Kier molecular flexibility index (Phi) is 4.58. The molecule has 0 aromatic heterocycles. The van der Waals surface area contributed by atoms with E-state index in [0.29, 0.717) is 12.3 Å². The molecule has 20 heavy (non-hydrogen) atoms. The highest BCUT2D eigenvalue weighted by molar-refractivity contribution is 5.30. The van der Waals surface area contributed by atoms with Crippen molar-refractivity contribution in [2.45, 2.75) is 31.8 Å². The van der Waals surface area contributed by atoms with E-state index in [9.17, 15) is 5.11 Å². The molecule has 0 aliphatic rings. The second-order valence-corrected chi connectivity index (χ2v) is 5.67. The van der Waals surface area contributed by atoms with Gasteiger partial charge in [-0.2, -0.15) is 0 Å². The van der Waals surface area contributed by atoms with E-state index in [1.54, 1.807) is 0 Å². The summed E-state index contributed by atoms with van der Waals surface area (Å²) in [4.78, 5) is 0. The van der Waals surface area contributed by atoms with E-state index >= 15 is 0 Å². The molecule has 3 N–H and O–H groups in total. The summed E-state index contributed by atoms with van der Waals surface area (Å²) in [6.45, 7) is 4.56. The minimum atomic E-state index is -0.999. The topological polar surface area (TPSA) is 46.2 Å². The molecule has 0 saturated heterocycles. The van der Waals surface area contributed by atoms with Gasteiger partial charge in [-0.25, -0.2) is 0 Å². The Labute approximate surface area is 121 Å². The van der Waals surface area contributed by atoms with Crippen LogP contribution in [0.4, 0.5) is 0 Å². The zero-order chi connectivity index (χ0) is 14.6. The molecule has 2 nitrogen and oxygen atoms in total. The summed E-state index contributed by atoms with van der Waals surface area (Å²) in [7, 11) is 0. The average molecular weight is 269 g/mol. The fraction of sp³-hybridized carbons (Fsp3) is 0.333. The minimum absolute atomic E-state index is 0.211. The third-order valence-electron chi connectivity index (χ3n) is 3.79. The standard InChI is InChI=1S/C18H23NO/c1-14(2)16-10-8-15(9-11-16)12-18(20,13-19)17-6-4-3-5-7-17/h3-11,14,20H,12-13,19H2,1-2H3. The van der Waals surface area contributed by atoms with Crippen LogP contribution in [0.25, 0.3) is 0 Å². The zero-order valence-electron chi connectivity index (χ0n) is 12.2. The molecule has 2 aromatic carbocycles. The molecule has 0 spiro atoms. The Morgan fingerprint density at radius 3 is 2.10 bits per heavy atom. The van der Waals surface area contributed by atoms with Crippen LogP contribution in [-0.4, -0.2) is 11.7 Å². The van der Waals surface area contributed by atoms with Crippen molar-refractivity contribution in [3.63, 3.8) is 0 Å². The second-order valence-electron chi connectivity index (χ2n) is 5.67. The molecule has 0 aliphatic heterocycles.